The van der Waals surface area contributed by atoms with Gasteiger partial charge in [-0.1, -0.05) is 0 Å². The van der Waals surface area contributed by atoms with Gasteiger partial charge >= 0.3 is 5.63 Å². The molecule has 13 nitrogen and oxygen atoms in total. The van der Waals surface area contributed by atoms with Gasteiger partial charge in [-0.25, -0.2) is 4.79 Å². The first kappa shape index (κ1) is 26.3. The van der Waals surface area contributed by atoms with E-state index in [0.717, 1.165) is 10.9 Å². The highest BCUT2D eigenvalue weighted by atomic mass is 16.4. The summed E-state index contributed by atoms with van der Waals surface area (Å²) < 4.78 is 5.19. The van der Waals surface area contributed by atoms with Crippen molar-refractivity contribution in [2.24, 2.45) is 11.5 Å². The molecule has 0 spiro atoms. The van der Waals surface area contributed by atoms with Gasteiger partial charge in [0.1, 0.15) is 17.7 Å². The van der Waals surface area contributed by atoms with Crippen molar-refractivity contribution in [3.8, 4) is 0 Å². The molecule has 2 atom stereocenters. The van der Waals surface area contributed by atoms with Crippen molar-refractivity contribution in [3.63, 3.8) is 0 Å². The largest absolute Gasteiger partial charge is 0.423 e. The lowest BCUT2D eigenvalue weighted by Gasteiger charge is -2.19. The first-order valence-electron chi connectivity index (χ1n) is 10.5. The monoisotopic (exact) mass is 475 g/mol. The van der Waals surface area contributed by atoms with Crippen LogP contribution in [0.5, 0.6) is 0 Å². The Morgan fingerprint density at radius 1 is 1.18 bits per heavy atom. The minimum atomic E-state index is -1.17. The fourth-order valence-corrected chi connectivity index (χ4v) is 3.06. The summed E-state index contributed by atoms with van der Waals surface area (Å²) in [4.78, 5) is 48.5. The molecule has 1 aromatic carbocycles. The van der Waals surface area contributed by atoms with Gasteiger partial charge in [0.25, 0.3) is 0 Å². The van der Waals surface area contributed by atoms with E-state index < -0.39 is 48.6 Å². The zero-order valence-corrected chi connectivity index (χ0v) is 18.6. The molecule has 0 saturated heterocycles. The number of aliphatic hydroxyl groups is 1. The molecule has 13 heteroatoms. The van der Waals surface area contributed by atoms with Gasteiger partial charge in [0.05, 0.1) is 13.2 Å². The van der Waals surface area contributed by atoms with Crippen LogP contribution in [0.4, 0.5) is 5.69 Å². The van der Waals surface area contributed by atoms with E-state index in [1.165, 1.54) is 12.1 Å². The normalized spacial score (nSPS) is 12.4. The maximum absolute atomic E-state index is 12.9. The number of amides is 3. The van der Waals surface area contributed by atoms with E-state index in [1.54, 1.807) is 19.1 Å². The van der Waals surface area contributed by atoms with E-state index in [2.05, 4.69) is 21.3 Å². The third kappa shape index (κ3) is 7.86. The number of fused-ring (bicyclic) bond motifs is 1. The highest BCUT2D eigenvalue weighted by Gasteiger charge is 2.22. The van der Waals surface area contributed by atoms with Crippen molar-refractivity contribution in [3.05, 3.63) is 40.2 Å². The molecule has 34 heavy (non-hydrogen) atoms. The van der Waals surface area contributed by atoms with Crippen LogP contribution in [-0.4, -0.2) is 60.6 Å². The molecule has 0 aliphatic heterocycles. The zero-order valence-electron chi connectivity index (χ0n) is 18.6. The quantitative estimate of drug-likeness (QED) is 0.0794. The summed E-state index contributed by atoms with van der Waals surface area (Å²) in [5.41, 5.74) is 11.5. The smallest absolute Gasteiger partial charge is 0.336 e. The van der Waals surface area contributed by atoms with Crippen molar-refractivity contribution in [1.82, 2.24) is 16.0 Å². The van der Waals surface area contributed by atoms with Crippen molar-refractivity contribution in [2.45, 2.75) is 31.8 Å². The fraction of sp³-hybridized carbons (Fsp3) is 0.381. The number of carbonyl (C=O) groups is 3. The number of hydrogen-bond acceptors (Lipinski definition) is 8. The summed E-state index contributed by atoms with van der Waals surface area (Å²) in [7, 11) is 0. The number of benzene rings is 1. The van der Waals surface area contributed by atoms with E-state index in [4.69, 9.17) is 26.4 Å². The molecule has 0 aliphatic rings. The SMILES string of the molecule is Cc1cc(=O)oc2cc(NC(=O)C(CCCNC(=N)N)NC(=O)CNC(=O)C(N)CO)ccc12. The van der Waals surface area contributed by atoms with Gasteiger partial charge in [0.2, 0.25) is 17.7 Å². The number of anilines is 1. The Labute approximate surface area is 194 Å². The van der Waals surface area contributed by atoms with E-state index in [1.807, 2.05) is 0 Å². The summed E-state index contributed by atoms with van der Waals surface area (Å²) in [6.45, 7) is 1.05. The van der Waals surface area contributed by atoms with Gasteiger partial charge in [-0.3, -0.25) is 19.8 Å². The van der Waals surface area contributed by atoms with Crippen LogP contribution >= 0.6 is 0 Å². The fourth-order valence-electron chi connectivity index (χ4n) is 3.06. The number of aliphatic hydroxyl groups excluding tert-OH is 1. The number of nitrogens with one attached hydrogen (secondary N) is 5. The molecular weight excluding hydrogens is 446 g/mol. The van der Waals surface area contributed by atoms with Crippen LogP contribution < -0.4 is 38.4 Å². The second-order valence-corrected chi connectivity index (χ2v) is 7.56. The van der Waals surface area contributed by atoms with Crippen LogP contribution in [0.3, 0.4) is 0 Å². The van der Waals surface area contributed by atoms with E-state index in [9.17, 15) is 19.2 Å². The number of hydrogen-bond donors (Lipinski definition) is 8. The summed E-state index contributed by atoms with van der Waals surface area (Å²) in [6.07, 6.45) is 0.592. The van der Waals surface area contributed by atoms with Gasteiger partial charge in [0.15, 0.2) is 5.96 Å². The van der Waals surface area contributed by atoms with Crippen molar-refractivity contribution in [1.29, 1.82) is 5.41 Å². The Morgan fingerprint density at radius 2 is 1.91 bits per heavy atom. The molecule has 3 amide bonds. The molecule has 0 bridgehead atoms. The van der Waals surface area contributed by atoms with Crippen LogP contribution in [0.25, 0.3) is 11.0 Å². The molecule has 2 aromatic rings. The first-order chi connectivity index (χ1) is 16.1. The minimum absolute atomic E-state index is 0.198. The highest BCUT2D eigenvalue weighted by molar-refractivity contribution is 5.99. The van der Waals surface area contributed by atoms with Crippen molar-refractivity contribution < 1.29 is 23.9 Å². The summed E-state index contributed by atoms with van der Waals surface area (Å²) in [5.74, 6) is -2.11. The zero-order chi connectivity index (χ0) is 25.3. The van der Waals surface area contributed by atoms with Crippen molar-refractivity contribution in [2.75, 3.05) is 25.0 Å². The lowest BCUT2D eigenvalue weighted by atomic mass is 10.1. The molecule has 2 unspecified atom stereocenters. The highest BCUT2D eigenvalue weighted by Crippen LogP contribution is 2.21. The summed E-state index contributed by atoms with van der Waals surface area (Å²) in [5, 5.41) is 26.9. The van der Waals surface area contributed by atoms with E-state index >= 15 is 0 Å². The van der Waals surface area contributed by atoms with E-state index in [0.29, 0.717) is 24.2 Å². The molecule has 2 rings (SSSR count). The first-order valence-corrected chi connectivity index (χ1v) is 10.5. The Hall–Kier alpha value is -3.97. The average molecular weight is 476 g/mol. The number of carbonyl (C=O) groups excluding carboxylic acids is 3. The lowest BCUT2D eigenvalue weighted by Crippen LogP contribution is -2.50. The van der Waals surface area contributed by atoms with Crippen LogP contribution in [0.15, 0.2) is 33.5 Å². The van der Waals surface area contributed by atoms with Gasteiger partial charge in [0, 0.05) is 29.8 Å². The van der Waals surface area contributed by atoms with Gasteiger partial charge < -0.3 is 42.3 Å². The Balaban J connectivity index is 2.09. The van der Waals surface area contributed by atoms with Gasteiger partial charge in [-0.2, -0.15) is 0 Å². The Morgan fingerprint density at radius 3 is 2.59 bits per heavy atom. The molecule has 1 heterocycles. The van der Waals surface area contributed by atoms with Gasteiger partial charge in [-0.15, -0.1) is 0 Å². The molecule has 184 valence electrons. The van der Waals surface area contributed by atoms with E-state index in [-0.39, 0.29) is 12.4 Å². The molecule has 0 fully saturated rings. The molecule has 10 N–H and O–H groups in total. The third-order valence-corrected chi connectivity index (χ3v) is 4.81. The Bertz CT molecular complexity index is 1120. The Kier molecular flexibility index (Phi) is 9.52. The van der Waals surface area contributed by atoms with Gasteiger partial charge in [-0.05, 0) is 37.5 Å². The average Bonchev–Trinajstić information content (AvgIpc) is 2.78. The van der Waals surface area contributed by atoms with Crippen molar-refractivity contribution >= 4 is 40.3 Å². The number of nitrogens with two attached hydrogens (primary N) is 2. The summed E-state index contributed by atoms with van der Waals surface area (Å²) >= 11 is 0. The topological polar surface area (TPSA) is 226 Å². The standard InChI is InChI=1S/C21H29N7O6/c1-11-7-18(31)34-16-8-12(4-5-13(11)16)27-20(33)15(3-2-6-25-21(23)24)28-17(30)9-26-19(32)14(22)10-29/h4-5,7-8,14-15,29H,2-3,6,9-10,22H2,1H3,(H,26,32)(H,27,33)(H,28,30)(H4,23,24,25). The van der Waals surface area contributed by atoms with Crippen LogP contribution in [0.2, 0.25) is 0 Å². The second-order valence-electron chi connectivity index (χ2n) is 7.56. The molecule has 1 aromatic heterocycles. The predicted molar refractivity (Wildman–Crippen MR) is 125 cm³/mol. The second kappa shape index (κ2) is 12.3. The van der Waals surface area contributed by atoms with Crippen LogP contribution in [0, 0.1) is 12.3 Å². The number of guanidine groups is 1. The van der Waals surface area contributed by atoms with Crippen LogP contribution in [-0.2, 0) is 14.4 Å². The predicted octanol–water partition coefficient (Wildman–Crippen LogP) is -1.78. The molecule has 0 aliphatic carbocycles. The molecular formula is C21H29N7O6. The minimum Gasteiger partial charge on any atom is -0.423 e. The number of aryl methyl sites for hydroxylation is 1. The maximum Gasteiger partial charge on any atom is 0.336 e. The lowest BCUT2D eigenvalue weighted by molar-refractivity contribution is -0.129. The van der Waals surface area contributed by atoms with Crippen LogP contribution in [0.1, 0.15) is 18.4 Å². The third-order valence-electron chi connectivity index (χ3n) is 4.81. The number of rotatable bonds is 11. The maximum atomic E-state index is 12.9. The molecule has 0 saturated carbocycles. The molecule has 0 radical (unpaired) electrons. The summed E-state index contributed by atoms with van der Waals surface area (Å²) in [6, 6.07) is 4.07.